The van der Waals surface area contributed by atoms with Crippen molar-refractivity contribution >= 4 is 5.96 Å². The van der Waals surface area contributed by atoms with Crippen molar-refractivity contribution in [1.29, 1.82) is 0 Å². The Kier molecular flexibility index (Phi) is 7.35. The summed E-state index contributed by atoms with van der Waals surface area (Å²) in [6.45, 7) is 14.2. The van der Waals surface area contributed by atoms with Crippen LogP contribution in [0, 0.1) is 0 Å². The summed E-state index contributed by atoms with van der Waals surface area (Å²) < 4.78 is 0. The molecule has 2 fully saturated rings. The zero-order valence-corrected chi connectivity index (χ0v) is 16.6. The summed E-state index contributed by atoms with van der Waals surface area (Å²) in [7, 11) is 2.24. The van der Waals surface area contributed by atoms with Crippen LogP contribution < -0.4 is 10.6 Å². The number of hydrogen-bond acceptors (Lipinski definition) is 3. The largest absolute Gasteiger partial charge is 0.357 e. The van der Waals surface area contributed by atoms with Gasteiger partial charge in [0.15, 0.2) is 5.96 Å². The SMILES string of the molecule is CCNC(=NCC(C)(C)N1CCCCC1)NCC(C)N(C)C1CC1. The van der Waals surface area contributed by atoms with Crippen LogP contribution in [-0.2, 0) is 0 Å². The summed E-state index contributed by atoms with van der Waals surface area (Å²) >= 11 is 0. The van der Waals surface area contributed by atoms with Crippen molar-refractivity contribution < 1.29 is 0 Å². The molecule has 1 atom stereocenters. The first-order valence-electron chi connectivity index (χ1n) is 9.93. The lowest BCUT2D eigenvalue weighted by Crippen LogP contribution is -2.50. The Morgan fingerprint density at radius 2 is 1.88 bits per heavy atom. The average Bonchev–Trinajstić information content (AvgIpc) is 3.42. The van der Waals surface area contributed by atoms with Gasteiger partial charge in [-0.05, 0) is 73.5 Å². The van der Waals surface area contributed by atoms with Gasteiger partial charge in [0.25, 0.3) is 0 Å². The molecule has 1 aliphatic carbocycles. The molecule has 0 radical (unpaired) electrons. The van der Waals surface area contributed by atoms with Gasteiger partial charge in [0.1, 0.15) is 0 Å². The molecule has 5 heteroatoms. The predicted molar refractivity (Wildman–Crippen MR) is 104 cm³/mol. The minimum atomic E-state index is 0.138. The molecule has 2 aliphatic rings. The number of nitrogens with one attached hydrogen (secondary N) is 2. The number of rotatable bonds is 8. The van der Waals surface area contributed by atoms with E-state index in [9.17, 15) is 0 Å². The monoisotopic (exact) mass is 337 g/mol. The molecule has 0 aromatic carbocycles. The number of hydrogen-bond donors (Lipinski definition) is 2. The Bertz CT molecular complexity index is 397. The fraction of sp³-hybridized carbons (Fsp3) is 0.947. The Hall–Kier alpha value is -0.810. The molecule has 24 heavy (non-hydrogen) atoms. The average molecular weight is 338 g/mol. The van der Waals surface area contributed by atoms with Gasteiger partial charge in [0, 0.05) is 30.7 Å². The highest BCUT2D eigenvalue weighted by atomic mass is 15.2. The normalized spacial score (nSPS) is 21.8. The van der Waals surface area contributed by atoms with Crippen LogP contribution in [0.1, 0.15) is 59.8 Å². The molecule has 0 aromatic rings. The number of piperidine rings is 1. The van der Waals surface area contributed by atoms with E-state index in [1.54, 1.807) is 0 Å². The van der Waals surface area contributed by atoms with E-state index in [2.05, 4.69) is 55.2 Å². The van der Waals surface area contributed by atoms with Crippen molar-refractivity contribution in [3.05, 3.63) is 0 Å². The zero-order valence-electron chi connectivity index (χ0n) is 16.6. The summed E-state index contributed by atoms with van der Waals surface area (Å²) in [5.41, 5.74) is 0.138. The lowest BCUT2D eigenvalue weighted by Gasteiger charge is -2.40. The molecule has 0 amide bonds. The Morgan fingerprint density at radius 1 is 1.21 bits per heavy atom. The quantitative estimate of drug-likeness (QED) is 0.527. The number of likely N-dealkylation sites (tertiary alicyclic amines) is 1. The second-order valence-corrected chi connectivity index (χ2v) is 8.18. The number of likely N-dealkylation sites (N-methyl/N-ethyl adjacent to an activating group) is 1. The van der Waals surface area contributed by atoms with Crippen LogP contribution in [0.2, 0.25) is 0 Å². The van der Waals surface area contributed by atoms with Crippen LogP contribution in [0.5, 0.6) is 0 Å². The van der Waals surface area contributed by atoms with E-state index in [1.807, 2.05) is 0 Å². The van der Waals surface area contributed by atoms with Crippen molar-refractivity contribution in [1.82, 2.24) is 20.4 Å². The molecular formula is C19H39N5. The van der Waals surface area contributed by atoms with Gasteiger partial charge in [-0.1, -0.05) is 6.42 Å². The fourth-order valence-corrected chi connectivity index (χ4v) is 3.44. The molecule has 140 valence electrons. The van der Waals surface area contributed by atoms with Crippen LogP contribution in [0.3, 0.4) is 0 Å². The topological polar surface area (TPSA) is 42.9 Å². The van der Waals surface area contributed by atoms with Crippen molar-refractivity contribution in [2.24, 2.45) is 4.99 Å². The van der Waals surface area contributed by atoms with E-state index in [4.69, 9.17) is 4.99 Å². The number of guanidine groups is 1. The Labute approximate surface area is 149 Å². The van der Waals surface area contributed by atoms with Crippen LogP contribution in [-0.4, -0.2) is 73.2 Å². The molecule has 5 nitrogen and oxygen atoms in total. The van der Waals surface area contributed by atoms with Crippen molar-refractivity contribution in [3.63, 3.8) is 0 Å². The molecule has 0 aromatic heterocycles. The van der Waals surface area contributed by atoms with E-state index in [0.717, 1.165) is 31.6 Å². The molecular weight excluding hydrogens is 298 g/mol. The Balaban J connectivity index is 1.84. The lowest BCUT2D eigenvalue weighted by atomic mass is 9.99. The van der Waals surface area contributed by atoms with Gasteiger partial charge in [-0.25, -0.2) is 0 Å². The third-order valence-electron chi connectivity index (χ3n) is 5.56. The standard InChI is InChI=1S/C19H39N5/c1-6-20-18(21-14-16(2)23(5)17-10-11-17)22-15-19(3,4)24-12-8-7-9-13-24/h16-17H,6-15H2,1-5H3,(H2,20,21,22). The summed E-state index contributed by atoms with van der Waals surface area (Å²) in [5, 5.41) is 6.94. The van der Waals surface area contributed by atoms with Gasteiger partial charge in [0.2, 0.25) is 0 Å². The van der Waals surface area contributed by atoms with Crippen LogP contribution in [0.25, 0.3) is 0 Å². The van der Waals surface area contributed by atoms with Crippen molar-refractivity contribution in [2.75, 3.05) is 39.8 Å². The van der Waals surface area contributed by atoms with Crippen LogP contribution in [0.4, 0.5) is 0 Å². The number of nitrogens with zero attached hydrogens (tertiary/aromatic N) is 3. The number of aliphatic imine (C=N–C) groups is 1. The van der Waals surface area contributed by atoms with Gasteiger partial charge in [-0.3, -0.25) is 14.8 Å². The molecule has 2 N–H and O–H groups in total. The second kappa shape index (κ2) is 9.04. The molecule has 1 saturated heterocycles. The minimum Gasteiger partial charge on any atom is -0.357 e. The summed E-state index contributed by atoms with van der Waals surface area (Å²) in [6, 6.07) is 1.34. The van der Waals surface area contributed by atoms with Gasteiger partial charge >= 0.3 is 0 Å². The Morgan fingerprint density at radius 3 is 2.46 bits per heavy atom. The highest BCUT2D eigenvalue weighted by Crippen LogP contribution is 2.26. The van der Waals surface area contributed by atoms with Crippen molar-refractivity contribution in [2.45, 2.75) is 77.4 Å². The molecule has 1 aliphatic heterocycles. The molecule has 1 heterocycles. The first-order valence-corrected chi connectivity index (χ1v) is 9.93. The molecule has 0 spiro atoms. The summed E-state index contributed by atoms with van der Waals surface area (Å²) in [5.74, 6) is 0.957. The van der Waals surface area contributed by atoms with E-state index < -0.39 is 0 Å². The minimum absolute atomic E-state index is 0.138. The second-order valence-electron chi connectivity index (χ2n) is 8.18. The smallest absolute Gasteiger partial charge is 0.191 e. The first kappa shape index (κ1) is 19.5. The van der Waals surface area contributed by atoms with Crippen molar-refractivity contribution in [3.8, 4) is 0 Å². The highest BCUT2D eigenvalue weighted by Gasteiger charge is 2.29. The van der Waals surface area contributed by atoms with E-state index in [-0.39, 0.29) is 5.54 Å². The van der Waals surface area contributed by atoms with Crippen LogP contribution >= 0.6 is 0 Å². The maximum atomic E-state index is 4.89. The van der Waals surface area contributed by atoms with E-state index in [0.29, 0.717) is 6.04 Å². The predicted octanol–water partition coefficient (Wildman–Crippen LogP) is 2.29. The third kappa shape index (κ3) is 5.92. The molecule has 1 saturated carbocycles. The third-order valence-corrected chi connectivity index (χ3v) is 5.56. The maximum Gasteiger partial charge on any atom is 0.191 e. The molecule has 2 rings (SSSR count). The fourth-order valence-electron chi connectivity index (χ4n) is 3.44. The molecule has 0 bridgehead atoms. The van der Waals surface area contributed by atoms with Crippen LogP contribution in [0.15, 0.2) is 4.99 Å². The molecule has 1 unspecified atom stereocenters. The van der Waals surface area contributed by atoms with Gasteiger partial charge in [-0.2, -0.15) is 0 Å². The van der Waals surface area contributed by atoms with E-state index >= 15 is 0 Å². The first-order chi connectivity index (χ1) is 11.4. The van der Waals surface area contributed by atoms with Gasteiger partial charge < -0.3 is 10.6 Å². The lowest BCUT2D eigenvalue weighted by molar-refractivity contribution is 0.102. The van der Waals surface area contributed by atoms with Gasteiger partial charge in [0.05, 0.1) is 6.54 Å². The highest BCUT2D eigenvalue weighted by molar-refractivity contribution is 5.79. The maximum absolute atomic E-state index is 4.89. The van der Waals surface area contributed by atoms with Gasteiger partial charge in [-0.15, -0.1) is 0 Å². The summed E-state index contributed by atoms with van der Waals surface area (Å²) in [4.78, 5) is 9.98. The van der Waals surface area contributed by atoms with E-state index in [1.165, 1.54) is 45.2 Å². The zero-order chi connectivity index (χ0) is 17.6. The summed E-state index contributed by atoms with van der Waals surface area (Å²) in [6.07, 6.45) is 6.76.